The molecule has 0 aliphatic rings. The van der Waals surface area contributed by atoms with Gasteiger partial charge in [0.15, 0.2) is 0 Å². The zero-order valence-corrected chi connectivity index (χ0v) is 11.0. The molecule has 94 valence electrons. The summed E-state index contributed by atoms with van der Waals surface area (Å²) in [5, 5.41) is 11.7. The van der Waals surface area contributed by atoms with Gasteiger partial charge in [-0.15, -0.1) is 0 Å². The number of hydrogen-bond donors (Lipinski definition) is 1. The van der Waals surface area contributed by atoms with Crippen LogP contribution in [0.5, 0.6) is 0 Å². The summed E-state index contributed by atoms with van der Waals surface area (Å²) in [7, 11) is 1.81. The SMILES string of the molecule is CCCCCCC(C)OCCC(C#N)NC. The van der Waals surface area contributed by atoms with Crippen LogP contribution >= 0.6 is 0 Å². The van der Waals surface area contributed by atoms with Crippen molar-refractivity contribution in [1.29, 1.82) is 5.26 Å². The van der Waals surface area contributed by atoms with Gasteiger partial charge in [-0.3, -0.25) is 0 Å². The van der Waals surface area contributed by atoms with Gasteiger partial charge in [-0.1, -0.05) is 32.6 Å². The lowest BCUT2D eigenvalue weighted by molar-refractivity contribution is 0.0548. The Morgan fingerprint density at radius 3 is 2.56 bits per heavy atom. The maximum Gasteiger partial charge on any atom is 0.0972 e. The van der Waals surface area contributed by atoms with Gasteiger partial charge < -0.3 is 10.1 Å². The smallest absolute Gasteiger partial charge is 0.0972 e. The molecule has 0 aromatic carbocycles. The van der Waals surface area contributed by atoms with Crippen molar-refractivity contribution in [3.05, 3.63) is 0 Å². The first-order chi connectivity index (χ1) is 7.74. The fraction of sp³-hybridized carbons (Fsp3) is 0.923. The number of ether oxygens (including phenoxy) is 1. The molecular formula is C13H26N2O. The Balaban J connectivity index is 3.36. The lowest BCUT2D eigenvalue weighted by Gasteiger charge is -2.14. The van der Waals surface area contributed by atoms with Gasteiger partial charge in [-0.05, 0) is 26.8 Å². The monoisotopic (exact) mass is 226 g/mol. The van der Waals surface area contributed by atoms with Crippen LogP contribution in [0.3, 0.4) is 0 Å². The Bertz CT molecular complexity index is 189. The lowest BCUT2D eigenvalue weighted by Crippen LogP contribution is -2.25. The molecule has 0 amide bonds. The molecular weight excluding hydrogens is 200 g/mol. The van der Waals surface area contributed by atoms with Crippen LogP contribution in [0.1, 0.15) is 52.4 Å². The van der Waals surface area contributed by atoms with Crippen LogP contribution in [0.15, 0.2) is 0 Å². The molecule has 0 fully saturated rings. The number of hydrogen-bond acceptors (Lipinski definition) is 3. The zero-order chi connectivity index (χ0) is 12.2. The third-order valence-electron chi connectivity index (χ3n) is 2.78. The standard InChI is InChI=1S/C13H26N2O/c1-4-5-6-7-8-12(2)16-10-9-13(11-14)15-3/h12-13,15H,4-10H2,1-3H3. The van der Waals surface area contributed by atoms with Crippen LogP contribution in [0.4, 0.5) is 0 Å². The summed E-state index contributed by atoms with van der Waals surface area (Å²) in [4.78, 5) is 0. The van der Waals surface area contributed by atoms with E-state index in [2.05, 4.69) is 25.2 Å². The summed E-state index contributed by atoms with van der Waals surface area (Å²) in [5.74, 6) is 0. The first-order valence-corrected chi connectivity index (χ1v) is 6.43. The molecule has 1 N–H and O–H groups in total. The van der Waals surface area contributed by atoms with E-state index in [9.17, 15) is 0 Å². The van der Waals surface area contributed by atoms with Crippen LogP contribution in [0.25, 0.3) is 0 Å². The highest BCUT2D eigenvalue weighted by Crippen LogP contribution is 2.08. The van der Waals surface area contributed by atoms with Gasteiger partial charge >= 0.3 is 0 Å². The van der Waals surface area contributed by atoms with E-state index >= 15 is 0 Å². The summed E-state index contributed by atoms with van der Waals surface area (Å²) in [6.45, 7) is 5.01. The topological polar surface area (TPSA) is 45.0 Å². The molecule has 16 heavy (non-hydrogen) atoms. The largest absolute Gasteiger partial charge is 0.378 e. The van der Waals surface area contributed by atoms with E-state index in [1.807, 2.05) is 7.05 Å². The summed E-state index contributed by atoms with van der Waals surface area (Å²) < 4.78 is 5.67. The molecule has 0 bridgehead atoms. The Hall–Kier alpha value is -0.590. The van der Waals surface area contributed by atoms with Crippen molar-refractivity contribution >= 4 is 0 Å². The first-order valence-electron chi connectivity index (χ1n) is 6.43. The maximum absolute atomic E-state index is 8.72. The van der Waals surface area contributed by atoms with E-state index in [1.54, 1.807) is 0 Å². The van der Waals surface area contributed by atoms with Gasteiger partial charge in [-0.25, -0.2) is 0 Å². The summed E-state index contributed by atoms with van der Waals surface area (Å²) in [6.07, 6.45) is 7.39. The quantitative estimate of drug-likeness (QED) is 0.583. The second-order valence-electron chi connectivity index (χ2n) is 4.29. The Labute approximate surface area is 100 Å². The van der Waals surface area contributed by atoms with Crippen molar-refractivity contribution in [2.75, 3.05) is 13.7 Å². The molecule has 0 aromatic heterocycles. The second kappa shape index (κ2) is 10.9. The highest BCUT2D eigenvalue weighted by Gasteiger charge is 2.06. The molecule has 0 saturated heterocycles. The zero-order valence-electron chi connectivity index (χ0n) is 11.0. The van der Waals surface area contributed by atoms with Crippen molar-refractivity contribution in [3.63, 3.8) is 0 Å². The molecule has 2 unspecified atom stereocenters. The van der Waals surface area contributed by atoms with Crippen LogP contribution in [-0.4, -0.2) is 25.8 Å². The molecule has 3 heteroatoms. The third kappa shape index (κ3) is 8.70. The highest BCUT2D eigenvalue weighted by atomic mass is 16.5. The van der Waals surface area contributed by atoms with Crippen molar-refractivity contribution in [3.8, 4) is 6.07 Å². The van der Waals surface area contributed by atoms with E-state index in [1.165, 1.54) is 25.7 Å². The predicted octanol–water partition coefficient (Wildman–Crippen LogP) is 2.86. The molecule has 2 atom stereocenters. The van der Waals surface area contributed by atoms with Crippen molar-refractivity contribution in [2.45, 2.75) is 64.5 Å². The van der Waals surface area contributed by atoms with E-state index in [4.69, 9.17) is 10.00 Å². The van der Waals surface area contributed by atoms with Crippen LogP contribution < -0.4 is 5.32 Å². The van der Waals surface area contributed by atoms with E-state index in [-0.39, 0.29) is 6.04 Å². The van der Waals surface area contributed by atoms with Gasteiger partial charge in [0.25, 0.3) is 0 Å². The minimum absolute atomic E-state index is 0.0766. The summed E-state index contributed by atoms with van der Waals surface area (Å²) in [6, 6.07) is 2.12. The molecule has 0 aliphatic heterocycles. The van der Waals surface area contributed by atoms with Crippen LogP contribution in [0, 0.1) is 11.3 Å². The number of unbranched alkanes of at least 4 members (excludes halogenated alkanes) is 3. The van der Waals surface area contributed by atoms with E-state index < -0.39 is 0 Å². The average Bonchev–Trinajstić information content (AvgIpc) is 2.30. The molecule has 0 spiro atoms. The van der Waals surface area contributed by atoms with Crippen molar-refractivity contribution in [2.24, 2.45) is 0 Å². The minimum atomic E-state index is -0.0766. The van der Waals surface area contributed by atoms with E-state index in [0.29, 0.717) is 12.7 Å². The Morgan fingerprint density at radius 1 is 1.25 bits per heavy atom. The number of nitrogens with zero attached hydrogens (tertiary/aromatic N) is 1. The number of nitriles is 1. The van der Waals surface area contributed by atoms with Crippen LogP contribution in [-0.2, 0) is 4.74 Å². The van der Waals surface area contributed by atoms with Gasteiger partial charge in [0.1, 0.15) is 0 Å². The van der Waals surface area contributed by atoms with Gasteiger partial charge in [0.2, 0.25) is 0 Å². The lowest BCUT2D eigenvalue weighted by atomic mass is 10.1. The Kier molecular flexibility index (Phi) is 10.5. The van der Waals surface area contributed by atoms with E-state index in [0.717, 1.165) is 12.8 Å². The molecule has 0 rings (SSSR count). The predicted molar refractivity (Wildman–Crippen MR) is 67.3 cm³/mol. The molecule has 0 aliphatic carbocycles. The highest BCUT2D eigenvalue weighted by molar-refractivity contribution is 4.88. The van der Waals surface area contributed by atoms with Gasteiger partial charge in [0, 0.05) is 6.61 Å². The third-order valence-corrected chi connectivity index (χ3v) is 2.78. The van der Waals surface area contributed by atoms with Crippen molar-refractivity contribution < 1.29 is 4.74 Å². The summed E-state index contributed by atoms with van der Waals surface area (Å²) in [5.41, 5.74) is 0. The maximum atomic E-state index is 8.72. The van der Waals surface area contributed by atoms with Gasteiger partial charge in [0.05, 0.1) is 18.2 Å². The first kappa shape index (κ1) is 15.4. The fourth-order valence-corrected chi connectivity index (χ4v) is 1.60. The van der Waals surface area contributed by atoms with Crippen molar-refractivity contribution in [1.82, 2.24) is 5.32 Å². The molecule has 0 saturated carbocycles. The molecule has 0 radical (unpaired) electrons. The minimum Gasteiger partial charge on any atom is -0.378 e. The second-order valence-corrected chi connectivity index (χ2v) is 4.29. The van der Waals surface area contributed by atoms with Crippen LogP contribution in [0.2, 0.25) is 0 Å². The number of nitrogens with one attached hydrogen (secondary N) is 1. The number of rotatable bonds is 10. The Morgan fingerprint density at radius 2 is 2.00 bits per heavy atom. The summed E-state index contributed by atoms with van der Waals surface area (Å²) >= 11 is 0. The van der Waals surface area contributed by atoms with Gasteiger partial charge in [-0.2, -0.15) is 5.26 Å². The molecule has 0 heterocycles. The molecule has 0 aromatic rings. The average molecular weight is 226 g/mol. The fourth-order valence-electron chi connectivity index (χ4n) is 1.60. The normalized spacial score (nSPS) is 14.4. The molecule has 3 nitrogen and oxygen atoms in total.